The average molecular weight is 344 g/mol. The molecule has 1 aliphatic rings. The van der Waals surface area contributed by atoms with Crippen LogP contribution in [0.4, 0.5) is 0 Å². The van der Waals surface area contributed by atoms with E-state index in [9.17, 15) is 4.21 Å². The van der Waals surface area contributed by atoms with E-state index >= 15 is 0 Å². The Morgan fingerprint density at radius 2 is 1.95 bits per heavy atom. The highest BCUT2D eigenvalue weighted by molar-refractivity contribution is 9.10. The molecule has 1 fully saturated rings. The average Bonchev–Trinajstić information content (AvgIpc) is 2.37. The van der Waals surface area contributed by atoms with E-state index < -0.39 is 10.8 Å². The maximum absolute atomic E-state index is 12.8. The summed E-state index contributed by atoms with van der Waals surface area (Å²) in [6.45, 7) is 4.55. The third-order valence-corrected chi connectivity index (χ3v) is 6.48. The maximum atomic E-state index is 12.8. The van der Waals surface area contributed by atoms with Crippen LogP contribution in [0.5, 0.6) is 0 Å². The van der Waals surface area contributed by atoms with Gasteiger partial charge in [0.05, 0.1) is 16.0 Å². The van der Waals surface area contributed by atoms with E-state index in [1.54, 1.807) is 0 Å². The van der Waals surface area contributed by atoms with E-state index in [2.05, 4.69) is 35.1 Å². The first-order valence-electron chi connectivity index (χ1n) is 6.79. The molecule has 3 unspecified atom stereocenters. The zero-order chi connectivity index (χ0) is 14.0. The normalized spacial score (nSPS) is 28.0. The van der Waals surface area contributed by atoms with Gasteiger partial charge in [-0.15, -0.1) is 0 Å². The highest BCUT2D eigenvalue weighted by atomic mass is 79.9. The van der Waals surface area contributed by atoms with Gasteiger partial charge in [0.25, 0.3) is 0 Å². The van der Waals surface area contributed by atoms with Gasteiger partial charge in [0.1, 0.15) is 0 Å². The summed E-state index contributed by atoms with van der Waals surface area (Å²) in [5, 5.41) is 3.61. The van der Waals surface area contributed by atoms with Crippen molar-refractivity contribution in [2.45, 2.75) is 49.3 Å². The Kier molecular flexibility index (Phi) is 4.85. The van der Waals surface area contributed by atoms with Crippen molar-refractivity contribution in [2.24, 2.45) is 5.41 Å². The third kappa shape index (κ3) is 3.29. The fourth-order valence-electron chi connectivity index (χ4n) is 3.14. The first kappa shape index (κ1) is 15.2. The lowest BCUT2D eigenvalue weighted by Crippen LogP contribution is -2.52. The summed E-state index contributed by atoms with van der Waals surface area (Å²) in [6.07, 6.45) is 3.41. The van der Waals surface area contributed by atoms with Crippen LogP contribution in [-0.2, 0) is 10.8 Å². The van der Waals surface area contributed by atoms with Gasteiger partial charge in [-0.25, -0.2) is 0 Å². The summed E-state index contributed by atoms with van der Waals surface area (Å²) in [7, 11) is 1.05. The Bertz CT molecular complexity index is 458. The molecule has 0 aliphatic heterocycles. The Morgan fingerprint density at radius 3 is 2.53 bits per heavy atom. The molecule has 1 saturated carbocycles. The van der Waals surface area contributed by atoms with Crippen molar-refractivity contribution in [1.82, 2.24) is 5.32 Å². The lowest BCUT2D eigenvalue weighted by molar-refractivity contribution is 0.180. The molecule has 0 amide bonds. The van der Waals surface area contributed by atoms with Crippen LogP contribution in [0.1, 0.15) is 33.1 Å². The first-order chi connectivity index (χ1) is 8.95. The van der Waals surface area contributed by atoms with E-state index in [1.807, 2.05) is 31.3 Å². The minimum absolute atomic E-state index is 0.204. The van der Waals surface area contributed by atoms with E-state index in [4.69, 9.17) is 0 Å². The van der Waals surface area contributed by atoms with Crippen LogP contribution in [0.2, 0.25) is 0 Å². The van der Waals surface area contributed by atoms with Crippen LogP contribution in [0, 0.1) is 5.41 Å². The van der Waals surface area contributed by atoms with Gasteiger partial charge in [-0.2, -0.15) is 0 Å². The zero-order valence-corrected chi connectivity index (χ0v) is 14.2. The Hall–Kier alpha value is -0.190. The second kappa shape index (κ2) is 6.06. The van der Waals surface area contributed by atoms with Crippen molar-refractivity contribution in [1.29, 1.82) is 0 Å². The van der Waals surface area contributed by atoms with Gasteiger partial charge < -0.3 is 5.32 Å². The zero-order valence-electron chi connectivity index (χ0n) is 11.8. The second-order valence-electron chi connectivity index (χ2n) is 5.94. The molecule has 1 aliphatic carbocycles. The highest BCUT2D eigenvalue weighted by Gasteiger charge is 2.41. The minimum Gasteiger partial charge on any atom is -0.315 e. The molecule has 106 valence electrons. The summed E-state index contributed by atoms with van der Waals surface area (Å²) < 4.78 is 13.9. The van der Waals surface area contributed by atoms with Crippen molar-refractivity contribution >= 4 is 26.7 Å². The Balaban J connectivity index is 2.24. The predicted octanol–water partition coefficient (Wildman–Crippen LogP) is 3.72. The van der Waals surface area contributed by atoms with Crippen molar-refractivity contribution in [3.8, 4) is 0 Å². The summed E-state index contributed by atoms with van der Waals surface area (Å²) >= 11 is 3.42. The Morgan fingerprint density at radius 1 is 1.32 bits per heavy atom. The molecule has 1 aromatic rings. The smallest absolute Gasteiger partial charge is 0.0576 e. The summed E-state index contributed by atoms with van der Waals surface area (Å²) in [5.74, 6) is 0. The fraction of sp³-hybridized carbons (Fsp3) is 0.600. The molecule has 0 radical (unpaired) electrons. The van der Waals surface area contributed by atoms with E-state index in [0.29, 0.717) is 6.04 Å². The predicted molar refractivity (Wildman–Crippen MR) is 84.8 cm³/mol. The lowest BCUT2D eigenvalue weighted by atomic mass is 9.73. The molecule has 2 rings (SSSR count). The van der Waals surface area contributed by atoms with Gasteiger partial charge in [0, 0.05) is 15.4 Å². The van der Waals surface area contributed by atoms with Gasteiger partial charge in [-0.3, -0.25) is 4.21 Å². The van der Waals surface area contributed by atoms with Crippen LogP contribution in [-0.4, -0.2) is 22.5 Å². The topological polar surface area (TPSA) is 29.1 Å². The van der Waals surface area contributed by atoms with Crippen LogP contribution in [0.3, 0.4) is 0 Å². The minimum atomic E-state index is -0.938. The molecule has 0 heterocycles. The van der Waals surface area contributed by atoms with Gasteiger partial charge in [-0.1, -0.05) is 36.2 Å². The number of nitrogens with one attached hydrogen (secondary N) is 1. The van der Waals surface area contributed by atoms with Crippen molar-refractivity contribution < 1.29 is 4.21 Å². The number of rotatable bonds is 3. The second-order valence-corrected chi connectivity index (χ2v) is 8.52. The molecule has 4 heteroatoms. The molecule has 0 aromatic heterocycles. The molecular formula is C15H22BrNOS. The SMILES string of the molecule is CNC1C(S(=O)c2ccc(Br)cc2)CCCC1(C)C. The van der Waals surface area contributed by atoms with E-state index in [0.717, 1.165) is 22.2 Å². The molecular weight excluding hydrogens is 322 g/mol. The largest absolute Gasteiger partial charge is 0.315 e. The fourth-order valence-corrected chi connectivity index (χ4v) is 5.29. The van der Waals surface area contributed by atoms with Crippen molar-refractivity contribution in [3.05, 3.63) is 28.7 Å². The molecule has 1 aromatic carbocycles. The van der Waals surface area contributed by atoms with Gasteiger partial charge in [0.15, 0.2) is 0 Å². The van der Waals surface area contributed by atoms with Crippen LogP contribution in [0.25, 0.3) is 0 Å². The van der Waals surface area contributed by atoms with E-state index in [-0.39, 0.29) is 10.7 Å². The molecule has 3 atom stereocenters. The van der Waals surface area contributed by atoms with Crippen molar-refractivity contribution in [2.75, 3.05) is 7.05 Å². The molecule has 0 saturated heterocycles. The standard InChI is InChI=1S/C15H22BrNOS/c1-15(2)10-4-5-13(14(15)17-3)19(18)12-8-6-11(16)7-9-12/h6-9,13-14,17H,4-5,10H2,1-3H3. The van der Waals surface area contributed by atoms with Crippen molar-refractivity contribution in [3.63, 3.8) is 0 Å². The Labute approximate surface area is 127 Å². The quantitative estimate of drug-likeness (QED) is 0.905. The number of benzene rings is 1. The van der Waals surface area contributed by atoms with Gasteiger partial charge in [-0.05, 0) is 49.6 Å². The lowest BCUT2D eigenvalue weighted by Gasteiger charge is -2.43. The molecule has 2 nitrogen and oxygen atoms in total. The molecule has 0 bridgehead atoms. The number of hydrogen-bond acceptors (Lipinski definition) is 2. The monoisotopic (exact) mass is 343 g/mol. The highest BCUT2D eigenvalue weighted by Crippen LogP contribution is 2.38. The molecule has 1 N–H and O–H groups in total. The van der Waals surface area contributed by atoms with Crippen LogP contribution >= 0.6 is 15.9 Å². The van der Waals surface area contributed by atoms with Crippen LogP contribution in [0.15, 0.2) is 33.6 Å². The number of hydrogen-bond donors (Lipinski definition) is 1. The summed E-state index contributed by atoms with van der Waals surface area (Å²) in [4.78, 5) is 0.936. The number of halogens is 1. The first-order valence-corrected chi connectivity index (χ1v) is 8.80. The maximum Gasteiger partial charge on any atom is 0.0576 e. The summed E-state index contributed by atoms with van der Waals surface area (Å²) in [6, 6.07) is 8.18. The van der Waals surface area contributed by atoms with Crippen LogP contribution < -0.4 is 5.32 Å². The van der Waals surface area contributed by atoms with Gasteiger partial charge in [0.2, 0.25) is 0 Å². The molecule has 19 heavy (non-hydrogen) atoms. The third-order valence-electron chi connectivity index (χ3n) is 4.16. The molecule has 0 spiro atoms. The van der Waals surface area contributed by atoms with E-state index in [1.165, 1.54) is 6.42 Å². The summed E-state index contributed by atoms with van der Waals surface area (Å²) in [5.41, 5.74) is 0.211. The van der Waals surface area contributed by atoms with Gasteiger partial charge >= 0.3 is 0 Å².